The van der Waals surface area contributed by atoms with Crippen molar-refractivity contribution < 1.29 is 9.90 Å². The molecule has 0 fully saturated rings. The highest BCUT2D eigenvalue weighted by Gasteiger charge is 2.13. The molecular weight excluding hydrogens is 266 g/mol. The molecule has 1 aromatic carbocycles. The van der Waals surface area contributed by atoms with E-state index in [4.69, 9.17) is 5.26 Å². The van der Waals surface area contributed by atoms with Crippen LogP contribution in [0.1, 0.15) is 24.2 Å². The monoisotopic (exact) mass is 283 g/mol. The van der Waals surface area contributed by atoms with Crippen LogP contribution in [0.5, 0.6) is 0 Å². The second-order valence-corrected chi connectivity index (χ2v) is 4.92. The van der Waals surface area contributed by atoms with Gasteiger partial charge in [0.25, 0.3) is 0 Å². The number of rotatable bonds is 5. The van der Waals surface area contributed by atoms with Gasteiger partial charge in [0, 0.05) is 18.5 Å². The number of nitriles is 1. The van der Waals surface area contributed by atoms with Gasteiger partial charge in [-0.2, -0.15) is 5.26 Å². The summed E-state index contributed by atoms with van der Waals surface area (Å²) in [5.74, 6) is -0.289. The lowest BCUT2D eigenvalue weighted by atomic mass is 10.1. The maximum atomic E-state index is 11.2. The number of carbonyl (C=O) groups is 1. The number of benzene rings is 1. The van der Waals surface area contributed by atoms with E-state index >= 15 is 0 Å². The Balaban J connectivity index is 2.43. The summed E-state index contributed by atoms with van der Waals surface area (Å²) < 4.78 is 0. The van der Waals surface area contributed by atoms with Crippen LogP contribution >= 0.6 is 0 Å². The number of carboxylic acid groups (broad SMARTS) is 1. The Morgan fingerprint density at radius 1 is 1.43 bits per heavy atom. The first kappa shape index (κ1) is 14.8. The molecular formula is C16H17N3O2. The minimum absolute atomic E-state index is 0.0900. The molecule has 0 aliphatic carbocycles. The summed E-state index contributed by atoms with van der Waals surface area (Å²) in [7, 11) is 0. The Bertz CT molecular complexity index is 706. The van der Waals surface area contributed by atoms with Gasteiger partial charge >= 0.3 is 5.97 Å². The molecule has 1 unspecified atom stereocenters. The fourth-order valence-corrected chi connectivity index (χ4v) is 2.26. The molecule has 0 bridgehead atoms. The smallest absolute Gasteiger partial charge is 0.336 e. The number of anilines is 1. The second kappa shape index (κ2) is 6.23. The zero-order valence-electron chi connectivity index (χ0n) is 12.1. The van der Waals surface area contributed by atoms with E-state index in [-0.39, 0.29) is 11.5 Å². The van der Waals surface area contributed by atoms with E-state index in [2.05, 4.69) is 11.1 Å². The average molecular weight is 283 g/mol. The topological polar surface area (TPSA) is 77.2 Å². The first-order valence-corrected chi connectivity index (χ1v) is 6.84. The van der Waals surface area contributed by atoms with E-state index in [9.17, 15) is 9.90 Å². The number of hydrogen-bond donors (Lipinski definition) is 1. The summed E-state index contributed by atoms with van der Waals surface area (Å²) >= 11 is 0. The van der Waals surface area contributed by atoms with Crippen LogP contribution in [0.3, 0.4) is 0 Å². The van der Waals surface area contributed by atoms with Crippen LogP contribution in [0.4, 0.5) is 5.82 Å². The summed E-state index contributed by atoms with van der Waals surface area (Å²) in [5, 5.41) is 18.7. The number of fused-ring (bicyclic) bond motifs is 1. The molecule has 0 aliphatic rings. The van der Waals surface area contributed by atoms with Crippen molar-refractivity contribution in [2.24, 2.45) is 5.92 Å². The number of nitrogens with zero attached hydrogens (tertiary/aromatic N) is 3. The number of hydrogen-bond acceptors (Lipinski definition) is 4. The van der Waals surface area contributed by atoms with E-state index in [1.807, 2.05) is 24.8 Å². The molecule has 5 nitrogen and oxygen atoms in total. The fraction of sp³-hybridized carbons (Fsp3) is 0.312. The van der Waals surface area contributed by atoms with Crippen LogP contribution in [-0.2, 0) is 0 Å². The molecule has 0 aliphatic heterocycles. The van der Waals surface area contributed by atoms with E-state index in [0.29, 0.717) is 17.4 Å². The minimum atomic E-state index is -0.958. The summed E-state index contributed by atoms with van der Waals surface area (Å²) in [6.45, 7) is 5.21. The normalized spacial score (nSPS) is 11.9. The average Bonchev–Trinajstić information content (AvgIpc) is 2.50. The Morgan fingerprint density at radius 2 is 2.19 bits per heavy atom. The van der Waals surface area contributed by atoms with Gasteiger partial charge in [-0.15, -0.1) is 0 Å². The number of carboxylic acids is 1. The third-order valence-electron chi connectivity index (χ3n) is 3.37. The summed E-state index contributed by atoms with van der Waals surface area (Å²) in [5.41, 5.74) is 0.899. The molecule has 1 aromatic heterocycles. The Hall–Kier alpha value is -2.61. The van der Waals surface area contributed by atoms with Gasteiger partial charge < -0.3 is 10.0 Å². The number of pyridine rings is 1. The van der Waals surface area contributed by atoms with E-state index < -0.39 is 5.97 Å². The molecule has 1 atom stereocenters. The molecule has 0 saturated carbocycles. The number of aromatic nitrogens is 1. The first-order valence-electron chi connectivity index (χ1n) is 6.84. The second-order valence-electron chi connectivity index (χ2n) is 4.92. The highest BCUT2D eigenvalue weighted by atomic mass is 16.4. The Morgan fingerprint density at radius 3 is 2.81 bits per heavy atom. The van der Waals surface area contributed by atoms with Gasteiger partial charge in [-0.25, -0.2) is 9.78 Å². The highest BCUT2D eigenvalue weighted by Crippen LogP contribution is 2.22. The highest BCUT2D eigenvalue weighted by molar-refractivity contribution is 6.02. The predicted molar refractivity (Wildman–Crippen MR) is 81.4 cm³/mol. The standard InChI is InChI=1S/C16H17N3O2/c1-3-19(10-11(2)9-17)15-8-7-12-13(16(20)21)5-4-6-14(12)18-15/h4-8,11H,3,10H2,1-2H3,(H,20,21). The molecule has 0 spiro atoms. The van der Waals surface area contributed by atoms with Crippen molar-refractivity contribution in [3.05, 3.63) is 35.9 Å². The molecule has 0 saturated heterocycles. The van der Waals surface area contributed by atoms with Crippen LogP contribution in [0.2, 0.25) is 0 Å². The lowest BCUT2D eigenvalue weighted by Crippen LogP contribution is -2.28. The molecule has 108 valence electrons. The Kier molecular flexibility index (Phi) is 4.39. The van der Waals surface area contributed by atoms with Gasteiger partial charge in [0.15, 0.2) is 0 Å². The van der Waals surface area contributed by atoms with Crippen molar-refractivity contribution in [2.75, 3.05) is 18.0 Å². The molecule has 2 aromatic rings. The van der Waals surface area contributed by atoms with Crippen molar-refractivity contribution in [3.8, 4) is 6.07 Å². The van der Waals surface area contributed by atoms with Crippen LogP contribution in [0.15, 0.2) is 30.3 Å². The van der Waals surface area contributed by atoms with Gasteiger partial charge in [-0.1, -0.05) is 6.07 Å². The van der Waals surface area contributed by atoms with Crippen molar-refractivity contribution in [1.29, 1.82) is 5.26 Å². The van der Waals surface area contributed by atoms with Crippen LogP contribution in [0, 0.1) is 17.2 Å². The largest absolute Gasteiger partial charge is 0.478 e. The molecule has 1 heterocycles. The summed E-state index contributed by atoms with van der Waals surface area (Å²) in [6.07, 6.45) is 0. The van der Waals surface area contributed by atoms with Gasteiger partial charge in [0.05, 0.1) is 23.1 Å². The van der Waals surface area contributed by atoms with E-state index in [1.54, 1.807) is 24.3 Å². The van der Waals surface area contributed by atoms with Crippen molar-refractivity contribution >= 4 is 22.7 Å². The van der Waals surface area contributed by atoms with Gasteiger partial charge in [-0.3, -0.25) is 0 Å². The molecule has 21 heavy (non-hydrogen) atoms. The minimum Gasteiger partial charge on any atom is -0.478 e. The molecule has 2 rings (SSSR count). The van der Waals surface area contributed by atoms with Crippen LogP contribution in [-0.4, -0.2) is 29.1 Å². The third kappa shape index (κ3) is 3.11. The predicted octanol–water partition coefficient (Wildman–Crippen LogP) is 2.92. The van der Waals surface area contributed by atoms with Gasteiger partial charge in [0.1, 0.15) is 5.82 Å². The summed E-state index contributed by atoms with van der Waals surface area (Å²) in [6, 6.07) is 10.9. The van der Waals surface area contributed by atoms with Gasteiger partial charge in [-0.05, 0) is 38.1 Å². The maximum Gasteiger partial charge on any atom is 0.336 e. The van der Waals surface area contributed by atoms with Crippen LogP contribution < -0.4 is 4.90 Å². The quantitative estimate of drug-likeness (QED) is 0.912. The van der Waals surface area contributed by atoms with Crippen molar-refractivity contribution in [3.63, 3.8) is 0 Å². The third-order valence-corrected chi connectivity index (χ3v) is 3.37. The lowest BCUT2D eigenvalue weighted by molar-refractivity contribution is 0.0699. The van der Waals surface area contributed by atoms with E-state index in [1.165, 1.54) is 0 Å². The lowest BCUT2D eigenvalue weighted by Gasteiger charge is -2.23. The SMILES string of the molecule is CCN(CC(C)C#N)c1ccc2c(C(=O)O)cccc2n1. The van der Waals surface area contributed by atoms with E-state index in [0.717, 1.165) is 12.4 Å². The molecule has 1 N–H and O–H groups in total. The maximum absolute atomic E-state index is 11.2. The van der Waals surface area contributed by atoms with Crippen molar-refractivity contribution in [2.45, 2.75) is 13.8 Å². The molecule has 0 amide bonds. The first-order chi connectivity index (χ1) is 10.1. The molecule has 5 heteroatoms. The molecule has 0 radical (unpaired) electrons. The Labute approximate surface area is 123 Å². The van der Waals surface area contributed by atoms with Gasteiger partial charge in [0.2, 0.25) is 0 Å². The van der Waals surface area contributed by atoms with Crippen molar-refractivity contribution in [1.82, 2.24) is 4.98 Å². The summed E-state index contributed by atoms with van der Waals surface area (Å²) in [4.78, 5) is 17.7. The van der Waals surface area contributed by atoms with Crippen LogP contribution in [0.25, 0.3) is 10.9 Å². The zero-order valence-corrected chi connectivity index (χ0v) is 12.1. The zero-order chi connectivity index (χ0) is 15.4. The fourth-order valence-electron chi connectivity index (χ4n) is 2.26. The number of aromatic carboxylic acids is 1.